The highest BCUT2D eigenvalue weighted by atomic mass is 16.6. The molecule has 0 aliphatic carbocycles. The summed E-state index contributed by atoms with van der Waals surface area (Å²) in [7, 11) is 1.78. The molecular formula is C22H25N5O4. The number of anilines is 1. The maximum atomic E-state index is 13.1. The van der Waals surface area contributed by atoms with Gasteiger partial charge in [0.1, 0.15) is 23.2 Å². The Hall–Kier alpha value is -3.93. The third-order valence-electron chi connectivity index (χ3n) is 4.86. The Morgan fingerprint density at radius 3 is 2.52 bits per heavy atom. The summed E-state index contributed by atoms with van der Waals surface area (Å²) in [6.07, 6.45) is 3.45. The van der Waals surface area contributed by atoms with Gasteiger partial charge in [0.05, 0.1) is 17.1 Å². The lowest BCUT2D eigenvalue weighted by Gasteiger charge is -2.25. The SMILES string of the molecule is Cn1cccc1-c1c(C#N)c(N)c(C(=O)O)n1CC(C(=O)OC(C)(C)C)c1ccc[nH]1. The van der Waals surface area contributed by atoms with Crippen LogP contribution < -0.4 is 5.73 Å². The standard InChI is InChI=1S/C22H25N5O4/c1-22(2,3)31-21(30)14(15-7-5-9-25-15)12-27-18(16-8-6-10-26(16)4)13(11-23)17(24)19(27)20(28)29/h5-10,14,25H,12,24H2,1-4H3,(H,28,29). The number of rotatable bonds is 6. The van der Waals surface area contributed by atoms with Crippen LogP contribution in [0.2, 0.25) is 0 Å². The number of esters is 1. The van der Waals surface area contributed by atoms with E-state index in [9.17, 15) is 20.0 Å². The number of nitrogens with zero attached hydrogens (tertiary/aromatic N) is 3. The second-order valence-electron chi connectivity index (χ2n) is 8.23. The van der Waals surface area contributed by atoms with Gasteiger partial charge in [0.2, 0.25) is 0 Å². The zero-order chi connectivity index (χ0) is 22.9. The Morgan fingerprint density at radius 2 is 2.03 bits per heavy atom. The molecule has 31 heavy (non-hydrogen) atoms. The fraction of sp³-hybridized carbons (Fsp3) is 0.318. The van der Waals surface area contributed by atoms with E-state index in [0.29, 0.717) is 17.1 Å². The molecule has 1 atom stereocenters. The summed E-state index contributed by atoms with van der Waals surface area (Å²) in [5.74, 6) is -2.65. The van der Waals surface area contributed by atoms with Gasteiger partial charge in [-0.1, -0.05) is 0 Å². The molecule has 4 N–H and O–H groups in total. The summed E-state index contributed by atoms with van der Waals surface area (Å²) in [5, 5.41) is 19.6. The van der Waals surface area contributed by atoms with Crippen LogP contribution in [0.5, 0.6) is 0 Å². The number of carbonyl (C=O) groups excluding carboxylic acids is 1. The monoisotopic (exact) mass is 423 g/mol. The van der Waals surface area contributed by atoms with Gasteiger partial charge in [0.15, 0.2) is 5.69 Å². The average Bonchev–Trinajstić information content (AvgIpc) is 3.37. The van der Waals surface area contributed by atoms with E-state index in [-0.39, 0.29) is 23.5 Å². The lowest BCUT2D eigenvalue weighted by molar-refractivity contribution is -0.157. The molecule has 0 bridgehead atoms. The van der Waals surface area contributed by atoms with Crippen molar-refractivity contribution in [2.45, 2.75) is 38.8 Å². The minimum atomic E-state index is -1.29. The van der Waals surface area contributed by atoms with Gasteiger partial charge in [-0.05, 0) is 45.0 Å². The summed E-state index contributed by atoms with van der Waals surface area (Å²) < 4.78 is 8.77. The summed E-state index contributed by atoms with van der Waals surface area (Å²) in [5.41, 5.74) is 6.53. The average molecular weight is 423 g/mol. The summed E-state index contributed by atoms with van der Waals surface area (Å²) in [6, 6.07) is 9.04. The maximum absolute atomic E-state index is 13.1. The number of aryl methyl sites for hydroxylation is 1. The number of aromatic nitrogens is 3. The first kappa shape index (κ1) is 21.8. The van der Waals surface area contributed by atoms with E-state index in [1.807, 2.05) is 6.07 Å². The third-order valence-corrected chi connectivity index (χ3v) is 4.86. The number of hydrogen-bond donors (Lipinski definition) is 3. The Morgan fingerprint density at radius 1 is 1.32 bits per heavy atom. The number of carbonyl (C=O) groups is 2. The summed E-state index contributed by atoms with van der Waals surface area (Å²) >= 11 is 0. The highest BCUT2D eigenvalue weighted by Gasteiger charge is 2.33. The quantitative estimate of drug-likeness (QED) is 0.521. The number of aromatic amines is 1. The van der Waals surface area contributed by atoms with Gasteiger partial charge >= 0.3 is 11.9 Å². The van der Waals surface area contributed by atoms with Crippen LogP contribution >= 0.6 is 0 Å². The second-order valence-corrected chi connectivity index (χ2v) is 8.23. The van der Waals surface area contributed by atoms with Crippen LogP contribution in [0.1, 0.15) is 48.4 Å². The van der Waals surface area contributed by atoms with Crippen molar-refractivity contribution < 1.29 is 19.4 Å². The van der Waals surface area contributed by atoms with Gasteiger partial charge in [-0.25, -0.2) is 4.79 Å². The molecule has 0 radical (unpaired) electrons. The molecule has 9 nitrogen and oxygen atoms in total. The first-order valence-corrected chi connectivity index (χ1v) is 9.68. The van der Waals surface area contributed by atoms with Gasteiger partial charge in [-0.2, -0.15) is 5.26 Å². The number of carboxylic acid groups (broad SMARTS) is 1. The van der Waals surface area contributed by atoms with Crippen molar-refractivity contribution in [2.75, 3.05) is 5.73 Å². The normalized spacial score (nSPS) is 12.4. The fourth-order valence-corrected chi connectivity index (χ4v) is 3.55. The van der Waals surface area contributed by atoms with Crippen molar-refractivity contribution in [1.82, 2.24) is 14.1 Å². The zero-order valence-corrected chi connectivity index (χ0v) is 17.8. The van der Waals surface area contributed by atoms with E-state index in [2.05, 4.69) is 4.98 Å². The van der Waals surface area contributed by atoms with Gasteiger partial charge in [-0.15, -0.1) is 0 Å². The van der Waals surface area contributed by atoms with Crippen molar-refractivity contribution in [3.05, 3.63) is 53.6 Å². The van der Waals surface area contributed by atoms with Crippen molar-refractivity contribution >= 4 is 17.6 Å². The van der Waals surface area contributed by atoms with Crippen molar-refractivity contribution in [2.24, 2.45) is 7.05 Å². The molecule has 3 aromatic heterocycles. The molecule has 0 aromatic carbocycles. The van der Waals surface area contributed by atoms with Gasteiger partial charge < -0.3 is 29.7 Å². The molecule has 0 fully saturated rings. The van der Waals surface area contributed by atoms with E-state index in [4.69, 9.17) is 10.5 Å². The molecule has 3 rings (SSSR count). The highest BCUT2D eigenvalue weighted by molar-refractivity contribution is 5.97. The van der Waals surface area contributed by atoms with Crippen LogP contribution in [0, 0.1) is 11.3 Å². The van der Waals surface area contributed by atoms with Gasteiger partial charge in [0, 0.05) is 31.7 Å². The van der Waals surface area contributed by atoms with E-state index in [0.717, 1.165) is 0 Å². The summed E-state index contributed by atoms with van der Waals surface area (Å²) in [4.78, 5) is 28.2. The largest absolute Gasteiger partial charge is 0.477 e. The lowest BCUT2D eigenvalue weighted by Crippen LogP contribution is -2.30. The summed E-state index contributed by atoms with van der Waals surface area (Å²) in [6.45, 7) is 5.20. The van der Waals surface area contributed by atoms with Crippen molar-refractivity contribution in [3.63, 3.8) is 0 Å². The minimum absolute atomic E-state index is 0.0497. The Bertz CT molecular complexity index is 1160. The zero-order valence-electron chi connectivity index (χ0n) is 17.8. The number of aromatic carboxylic acids is 1. The molecule has 3 heterocycles. The maximum Gasteiger partial charge on any atom is 0.354 e. The number of nitrogens with two attached hydrogens (primary N) is 1. The van der Waals surface area contributed by atoms with Gasteiger partial charge in [-0.3, -0.25) is 4.79 Å². The molecule has 9 heteroatoms. The number of nitriles is 1. The van der Waals surface area contributed by atoms with E-state index < -0.39 is 23.5 Å². The molecular weight excluding hydrogens is 398 g/mol. The van der Waals surface area contributed by atoms with E-state index in [1.54, 1.807) is 69.0 Å². The molecule has 162 valence electrons. The van der Waals surface area contributed by atoms with Crippen LogP contribution in [-0.2, 0) is 23.1 Å². The van der Waals surface area contributed by atoms with Crippen molar-refractivity contribution in [3.8, 4) is 17.5 Å². The Kier molecular flexibility index (Phi) is 5.66. The van der Waals surface area contributed by atoms with Crippen molar-refractivity contribution in [1.29, 1.82) is 5.26 Å². The number of hydrogen-bond acceptors (Lipinski definition) is 5. The molecule has 0 saturated carbocycles. The first-order chi connectivity index (χ1) is 14.5. The highest BCUT2D eigenvalue weighted by Crippen LogP contribution is 2.36. The molecule has 0 saturated heterocycles. The van der Waals surface area contributed by atoms with Crippen LogP contribution in [-0.4, -0.2) is 36.8 Å². The molecule has 1 unspecified atom stereocenters. The smallest absolute Gasteiger partial charge is 0.354 e. The molecule has 0 spiro atoms. The molecule has 0 aliphatic rings. The topological polar surface area (TPSA) is 139 Å². The number of nitrogens with one attached hydrogen (secondary N) is 1. The molecule has 3 aromatic rings. The number of H-pyrrole nitrogens is 1. The Balaban J connectivity index is 2.22. The van der Waals surface area contributed by atoms with Crippen LogP contribution in [0.15, 0.2) is 36.7 Å². The lowest BCUT2D eigenvalue weighted by atomic mass is 10.0. The van der Waals surface area contributed by atoms with Gasteiger partial charge in [0.25, 0.3) is 0 Å². The number of nitrogen functional groups attached to an aromatic ring is 1. The fourth-order valence-electron chi connectivity index (χ4n) is 3.55. The predicted molar refractivity (Wildman–Crippen MR) is 114 cm³/mol. The molecule has 0 amide bonds. The van der Waals surface area contributed by atoms with Crippen LogP contribution in [0.25, 0.3) is 11.4 Å². The van der Waals surface area contributed by atoms with E-state index >= 15 is 0 Å². The number of carboxylic acids is 1. The van der Waals surface area contributed by atoms with E-state index in [1.165, 1.54) is 4.57 Å². The third kappa shape index (κ3) is 4.19. The Labute approximate surface area is 179 Å². The molecule has 0 aliphatic heterocycles. The predicted octanol–water partition coefficient (Wildman–Crippen LogP) is 3.10. The number of ether oxygens (including phenoxy) is 1. The first-order valence-electron chi connectivity index (χ1n) is 9.68. The van der Waals surface area contributed by atoms with Crippen LogP contribution in [0.4, 0.5) is 5.69 Å². The second kappa shape index (κ2) is 8.07. The van der Waals surface area contributed by atoms with Crippen LogP contribution in [0.3, 0.4) is 0 Å². The minimum Gasteiger partial charge on any atom is -0.477 e.